The molecule has 4 rings (SSSR count). The zero-order valence-electron chi connectivity index (χ0n) is 24.7. The number of carbonyl (C=O) groups excluding carboxylic acids is 1. The first-order valence-electron chi connectivity index (χ1n) is 13.1. The maximum absolute atomic E-state index is 14.2. The molecule has 3 aromatic carbocycles. The number of anilines is 1. The van der Waals surface area contributed by atoms with Crippen molar-refractivity contribution in [1.29, 1.82) is 0 Å². The molecule has 3 aromatic rings. The van der Waals surface area contributed by atoms with Crippen LogP contribution in [-0.2, 0) is 14.8 Å². The Morgan fingerprint density at radius 2 is 1.48 bits per heavy atom. The van der Waals surface area contributed by atoms with Gasteiger partial charge in [-0.25, -0.2) is 8.42 Å². The topological polar surface area (TPSA) is 122 Å². The second kappa shape index (κ2) is 12.3. The first-order valence-corrected chi connectivity index (χ1v) is 14.5. The summed E-state index contributed by atoms with van der Waals surface area (Å²) in [6, 6.07) is 13.9. The minimum absolute atomic E-state index is 0.109. The van der Waals surface area contributed by atoms with E-state index < -0.39 is 34.1 Å². The molecule has 1 aliphatic heterocycles. The number of methoxy groups -OCH3 is 5. The van der Waals surface area contributed by atoms with Crippen LogP contribution in [0.2, 0.25) is 0 Å². The van der Waals surface area contributed by atoms with Crippen LogP contribution in [0.3, 0.4) is 0 Å². The number of sulfonamides is 1. The van der Waals surface area contributed by atoms with Crippen molar-refractivity contribution in [2.45, 2.75) is 36.8 Å². The highest BCUT2D eigenvalue weighted by molar-refractivity contribution is 7.92. The molecular formula is C30H36N2O9S. The quantitative estimate of drug-likeness (QED) is 0.342. The molecule has 11 nitrogen and oxygen atoms in total. The molecule has 1 atom stereocenters. The SMILES string of the molecule is COc1ccc2c(c1)OC(C)(C)CC2NC(=O)CN(c1cc(OC)ccc1OC)S(=O)(=O)c1ccc(OC)c(OC)c1. The van der Waals surface area contributed by atoms with Gasteiger partial charge in [-0.15, -0.1) is 0 Å². The number of hydrogen-bond donors (Lipinski definition) is 1. The molecule has 1 unspecified atom stereocenters. The fourth-order valence-electron chi connectivity index (χ4n) is 4.85. The normalized spacial score (nSPS) is 15.5. The molecule has 0 aromatic heterocycles. The molecule has 0 aliphatic carbocycles. The summed E-state index contributed by atoms with van der Waals surface area (Å²) in [5, 5.41) is 3.02. The van der Waals surface area contributed by atoms with Crippen LogP contribution in [-0.4, -0.2) is 62.0 Å². The maximum atomic E-state index is 14.2. The molecule has 0 fully saturated rings. The Kier molecular flexibility index (Phi) is 8.95. The molecule has 226 valence electrons. The summed E-state index contributed by atoms with van der Waals surface area (Å²) in [6.07, 6.45) is 0.461. The molecule has 0 bridgehead atoms. The van der Waals surface area contributed by atoms with Gasteiger partial charge in [0.1, 0.15) is 35.1 Å². The van der Waals surface area contributed by atoms with Crippen LogP contribution in [0.15, 0.2) is 59.5 Å². The molecular weight excluding hydrogens is 564 g/mol. The van der Waals surface area contributed by atoms with Crippen molar-refractivity contribution in [2.75, 3.05) is 46.4 Å². The highest BCUT2D eigenvalue weighted by Gasteiger charge is 2.36. The van der Waals surface area contributed by atoms with Gasteiger partial charge in [-0.1, -0.05) is 0 Å². The molecule has 0 saturated carbocycles. The molecule has 1 N–H and O–H groups in total. The number of amides is 1. The molecule has 0 saturated heterocycles. The minimum atomic E-state index is -4.34. The van der Waals surface area contributed by atoms with E-state index >= 15 is 0 Å². The van der Waals surface area contributed by atoms with Crippen molar-refractivity contribution in [3.8, 4) is 34.5 Å². The fraction of sp³-hybridized carbons (Fsp3) is 0.367. The summed E-state index contributed by atoms with van der Waals surface area (Å²) < 4.78 is 62.3. The molecule has 0 radical (unpaired) electrons. The van der Waals surface area contributed by atoms with Crippen LogP contribution in [0, 0.1) is 0 Å². The number of ether oxygens (including phenoxy) is 6. The van der Waals surface area contributed by atoms with E-state index in [0.29, 0.717) is 29.4 Å². The summed E-state index contributed by atoms with van der Waals surface area (Å²) >= 11 is 0. The van der Waals surface area contributed by atoms with Gasteiger partial charge in [-0.3, -0.25) is 9.10 Å². The summed E-state index contributed by atoms with van der Waals surface area (Å²) in [5.74, 6) is 1.86. The van der Waals surface area contributed by atoms with Crippen LogP contribution in [0.5, 0.6) is 34.5 Å². The molecule has 1 aliphatic rings. The number of fused-ring (bicyclic) bond motifs is 1. The lowest BCUT2D eigenvalue weighted by Crippen LogP contribution is -2.45. The van der Waals surface area contributed by atoms with Gasteiger partial charge in [0.2, 0.25) is 5.91 Å². The van der Waals surface area contributed by atoms with Gasteiger partial charge in [0, 0.05) is 30.2 Å². The number of nitrogens with zero attached hydrogens (tertiary/aromatic N) is 1. The predicted molar refractivity (Wildman–Crippen MR) is 157 cm³/mol. The Hall–Kier alpha value is -4.32. The van der Waals surface area contributed by atoms with E-state index in [1.165, 1.54) is 52.7 Å². The Labute approximate surface area is 246 Å². The average Bonchev–Trinajstić information content (AvgIpc) is 2.98. The van der Waals surface area contributed by atoms with Crippen molar-refractivity contribution in [1.82, 2.24) is 5.32 Å². The van der Waals surface area contributed by atoms with E-state index in [0.717, 1.165) is 9.87 Å². The third kappa shape index (κ3) is 6.28. The summed E-state index contributed by atoms with van der Waals surface area (Å²) in [4.78, 5) is 13.6. The lowest BCUT2D eigenvalue weighted by molar-refractivity contribution is -0.120. The highest BCUT2D eigenvalue weighted by Crippen LogP contribution is 2.42. The molecule has 12 heteroatoms. The van der Waals surface area contributed by atoms with Crippen molar-refractivity contribution >= 4 is 21.6 Å². The zero-order valence-corrected chi connectivity index (χ0v) is 25.5. The average molecular weight is 601 g/mol. The predicted octanol–water partition coefficient (Wildman–Crippen LogP) is 4.34. The van der Waals surface area contributed by atoms with Gasteiger partial charge >= 0.3 is 0 Å². The summed E-state index contributed by atoms with van der Waals surface area (Å²) in [6.45, 7) is 3.29. The lowest BCUT2D eigenvalue weighted by atomic mass is 9.89. The lowest BCUT2D eigenvalue weighted by Gasteiger charge is -2.38. The largest absolute Gasteiger partial charge is 0.497 e. The third-order valence-electron chi connectivity index (χ3n) is 6.90. The minimum Gasteiger partial charge on any atom is -0.497 e. The van der Waals surface area contributed by atoms with Gasteiger partial charge < -0.3 is 33.7 Å². The number of rotatable bonds is 11. The van der Waals surface area contributed by atoms with Crippen LogP contribution < -0.4 is 38.0 Å². The van der Waals surface area contributed by atoms with Gasteiger partial charge in [-0.2, -0.15) is 0 Å². The van der Waals surface area contributed by atoms with Crippen LogP contribution in [0.4, 0.5) is 5.69 Å². The van der Waals surface area contributed by atoms with Gasteiger partial charge in [0.25, 0.3) is 10.0 Å². The second-order valence-corrected chi connectivity index (χ2v) is 12.0. The summed E-state index contributed by atoms with van der Waals surface area (Å²) in [7, 11) is 2.97. The molecule has 0 spiro atoms. The third-order valence-corrected chi connectivity index (χ3v) is 8.65. The fourth-order valence-corrected chi connectivity index (χ4v) is 6.29. The van der Waals surface area contributed by atoms with Crippen LogP contribution >= 0.6 is 0 Å². The maximum Gasteiger partial charge on any atom is 0.265 e. The molecule has 1 heterocycles. The van der Waals surface area contributed by atoms with Crippen molar-refractivity contribution in [3.05, 3.63) is 60.2 Å². The van der Waals surface area contributed by atoms with E-state index in [1.54, 1.807) is 31.4 Å². The van der Waals surface area contributed by atoms with E-state index in [1.807, 2.05) is 19.9 Å². The van der Waals surface area contributed by atoms with Crippen molar-refractivity contribution < 1.29 is 41.6 Å². The van der Waals surface area contributed by atoms with Crippen molar-refractivity contribution in [2.24, 2.45) is 0 Å². The Balaban J connectivity index is 1.75. The first-order chi connectivity index (χ1) is 20.0. The number of benzene rings is 3. The van der Waals surface area contributed by atoms with Crippen molar-refractivity contribution in [3.63, 3.8) is 0 Å². The Morgan fingerprint density at radius 3 is 2.12 bits per heavy atom. The van der Waals surface area contributed by atoms with Gasteiger partial charge in [-0.05, 0) is 50.2 Å². The monoisotopic (exact) mass is 600 g/mol. The van der Waals surface area contributed by atoms with E-state index in [-0.39, 0.29) is 22.1 Å². The standard InChI is InChI=1S/C30H36N2O9S/c1-30(2)17-23(22-11-8-20(37-4)15-27(22)41-30)31-29(33)18-32(24-14-19(36-3)9-12-25(24)38-5)42(34,35)21-10-13-26(39-6)28(16-21)40-7/h8-16,23H,17-18H2,1-7H3,(H,31,33). The molecule has 42 heavy (non-hydrogen) atoms. The summed E-state index contributed by atoms with van der Waals surface area (Å²) in [5.41, 5.74) is 0.287. The Morgan fingerprint density at radius 1 is 0.857 bits per heavy atom. The van der Waals surface area contributed by atoms with Crippen LogP contribution in [0.1, 0.15) is 31.9 Å². The number of carbonyl (C=O) groups is 1. The van der Waals surface area contributed by atoms with E-state index in [9.17, 15) is 13.2 Å². The Bertz CT molecular complexity index is 1560. The smallest absolute Gasteiger partial charge is 0.265 e. The highest BCUT2D eigenvalue weighted by atomic mass is 32.2. The first kappa shape index (κ1) is 30.6. The van der Waals surface area contributed by atoms with Crippen LogP contribution in [0.25, 0.3) is 0 Å². The van der Waals surface area contributed by atoms with Gasteiger partial charge in [0.05, 0.1) is 52.2 Å². The number of nitrogens with one attached hydrogen (secondary N) is 1. The van der Waals surface area contributed by atoms with E-state index in [4.69, 9.17) is 28.4 Å². The zero-order chi connectivity index (χ0) is 30.7. The molecule has 1 amide bonds. The second-order valence-electron chi connectivity index (χ2n) is 10.2. The number of hydrogen-bond acceptors (Lipinski definition) is 9. The van der Waals surface area contributed by atoms with Gasteiger partial charge in [0.15, 0.2) is 11.5 Å². The van der Waals surface area contributed by atoms with E-state index in [2.05, 4.69) is 5.32 Å².